The smallest absolute Gasteiger partial charge is 0.341 e. The highest BCUT2D eigenvalue weighted by Crippen LogP contribution is 2.28. The van der Waals surface area contributed by atoms with Crippen molar-refractivity contribution in [2.45, 2.75) is 12.5 Å². The summed E-state index contributed by atoms with van der Waals surface area (Å²) < 4.78 is 9.44. The lowest BCUT2D eigenvalue weighted by Gasteiger charge is -2.20. The number of hydrogen-bond donors (Lipinski definition) is 2. The summed E-state index contributed by atoms with van der Waals surface area (Å²) >= 11 is 0. The molecule has 0 radical (unpaired) electrons. The van der Waals surface area contributed by atoms with Gasteiger partial charge < -0.3 is 20.3 Å². The van der Waals surface area contributed by atoms with Crippen molar-refractivity contribution < 1.29 is 29.1 Å². The Bertz CT molecular complexity index is 583. The normalized spacial score (nSPS) is 13.1. The van der Waals surface area contributed by atoms with Crippen LogP contribution >= 0.6 is 0 Å². The molecule has 0 saturated carbocycles. The first-order valence-electron chi connectivity index (χ1n) is 5.71. The van der Waals surface area contributed by atoms with Gasteiger partial charge in [0.05, 0.1) is 12.0 Å². The molecule has 0 fully saturated rings. The topological polar surface area (TPSA) is 142 Å². The summed E-state index contributed by atoms with van der Waals surface area (Å²) in [7, 11) is 1.08. The fourth-order valence-electron chi connectivity index (χ4n) is 1.43. The van der Waals surface area contributed by atoms with Crippen LogP contribution in [0.5, 0.6) is 5.75 Å². The summed E-state index contributed by atoms with van der Waals surface area (Å²) in [5, 5.41) is 20.7. The molecular formula is C12H14N2O7. The minimum atomic E-state index is -1.97. The molecule has 1 aromatic rings. The maximum atomic E-state index is 11.3. The molecular weight excluding hydrogens is 284 g/mol. The molecule has 0 aliphatic heterocycles. The van der Waals surface area contributed by atoms with Crippen molar-refractivity contribution in [2.24, 2.45) is 5.73 Å². The number of aliphatic hydroxyl groups is 1. The van der Waals surface area contributed by atoms with E-state index in [-0.39, 0.29) is 11.3 Å². The van der Waals surface area contributed by atoms with Crippen molar-refractivity contribution in [3.05, 3.63) is 33.9 Å². The molecule has 0 saturated heterocycles. The number of rotatable bonds is 6. The Morgan fingerprint density at radius 2 is 2.10 bits per heavy atom. The third kappa shape index (κ3) is 3.89. The van der Waals surface area contributed by atoms with Crippen LogP contribution in [-0.4, -0.2) is 41.2 Å². The fraction of sp³-hybridized carbons (Fsp3) is 0.333. The van der Waals surface area contributed by atoms with Crippen molar-refractivity contribution in [3.8, 4) is 5.75 Å². The van der Waals surface area contributed by atoms with E-state index >= 15 is 0 Å². The van der Waals surface area contributed by atoms with Crippen molar-refractivity contribution in [2.75, 3.05) is 13.7 Å². The van der Waals surface area contributed by atoms with Crippen LogP contribution in [0, 0.1) is 10.1 Å². The molecule has 114 valence electrons. The second kappa shape index (κ2) is 6.18. The van der Waals surface area contributed by atoms with Gasteiger partial charge in [-0.05, 0) is 19.1 Å². The van der Waals surface area contributed by atoms with Crippen LogP contribution in [0.4, 0.5) is 5.69 Å². The maximum absolute atomic E-state index is 11.3. The van der Waals surface area contributed by atoms with Gasteiger partial charge in [-0.2, -0.15) is 0 Å². The van der Waals surface area contributed by atoms with E-state index < -0.39 is 34.7 Å². The Kier molecular flexibility index (Phi) is 4.82. The van der Waals surface area contributed by atoms with Crippen molar-refractivity contribution in [3.63, 3.8) is 0 Å². The largest absolute Gasteiger partial charge is 0.483 e. The van der Waals surface area contributed by atoms with E-state index in [0.29, 0.717) is 0 Å². The summed E-state index contributed by atoms with van der Waals surface area (Å²) in [4.78, 5) is 32.4. The number of nitro benzene ring substituents is 1. The lowest BCUT2D eigenvalue weighted by molar-refractivity contribution is -0.386. The molecule has 9 nitrogen and oxygen atoms in total. The van der Waals surface area contributed by atoms with Gasteiger partial charge in [0.1, 0.15) is 6.61 Å². The van der Waals surface area contributed by atoms with Crippen molar-refractivity contribution in [1.29, 1.82) is 0 Å². The number of primary amides is 1. The SMILES string of the molecule is COC(=O)C(C)(O)COc1ccc(C(N)=O)cc1[N+](=O)[O-]. The summed E-state index contributed by atoms with van der Waals surface area (Å²) in [6.45, 7) is 0.582. The molecule has 1 aromatic carbocycles. The molecule has 0 aromatic heterocycles. The maximum Gasteiger partial charge on any atom is 0.341 e. The lowest BCUT2D eigenvalue weighted by atomic mass is 10.1. The number of methoxy groups -OCH3 is 1. The Balaban J connectivity index is 3.01. The van der Waals surface area contributed by atoms with Gasteiger partial charge in [0.25, 0.3) is 0 Å². The summed E-state index contributed by atoms with van der Waals surface area (Å²) in [6, 6.07) is 3.34. The second-order valence-corrected chi connectivity index (χ2v) is 4.36. The van der Waals surface area contributed by atoms with Crippen molar-refractivity contribution in [1.82, 2.24) is 0 Å². The van der Waals surface area contributed by atoms with Gasteiger partial charge in [-0.1, -0.05) is 0 Å². The van der Waals surface area contributed by atoms with E-state index in [2.05, 4.69) is 4.74 Å². The highest BCUT2D eigenvalue weighted by atomic mass is 16.6. The van der Waals surface area contributed by atoms with Gasteiger partial charge in [0.2, 0.25) is 5.91 Å². The fourth-order valence-corrected chi connectivity index (χ4v) is 1.43. The van der Waals surface area contributed by atoms with Crippen LogP contribution in [0.2, 0.25) is 0 Å². The van der Waals surface area contributed by atoms with E-state index in [9.17, 15) is 24.8 Å². The van der Waals surface area contributed by atoms with E-state index in [1.54, 1.807) is 0 Å². The Labute approximate surface area is 119 Å². The summed E-state index contributed by atoms with van der Waals surface area (Å²) in [6.07, 6.45) is 0. The third-order valence-electron chi connectivity index (χ3n) is 2.57. The van der Waals surface area contributed by atoms with Gasteiger partial charge in [0, 0.05) is 11.6 Å². The molecule has 21 heavy (non-hydrogen) atoms. The molecule has 1 rings (SSSR count). The second-order valence-electron chi connectivity index (χ2n) is 4.36. The average molecular weight is 298 g/mol. The van der Waals surface area contributed by atoms with Crippen LogP contribution in [0.25, 0.3) is 0 Å². The first-order chi connectivity index (χ1) is 9.69. The molecule has 3 N–H and O–H groups in total. The van der Waals surface area contributed by atoms with Gasteiger partial charge in [-0.15, -0.1) is 0 Å². The summed E-state index contributed by atoms with van der Waals surface area (Å²) in [5.41, 5.74) is 2.49. The molecule has 9 heteroatoms. The van der Waals surface area contributed by atoms with Crippen LogP contribution < -0.4 is 10.5 Å². The molecule has 0 heterocycles. The van der Waals surface area contributed by atoms with Gasteiger partial charge in [-0.3, -0.25) is 14.9 Å². The number of benzene rings is 1. The molecule has 0 aliphatic carbocycles. The zero-order valence-corrected chi connectivity index (χ0v) is 11.4. The number of hydrogen-bond acceptors (Lipinski definition) is 7. The molecule has 0 spiro atoms. The first kappa shape index (κ1) is 16.4. The molecule has 0 aliphatic rings. The van der Waals surface area contributed by atoms with Gasteiger partial charge in [0.15, 0.2) is 11.4 Å². The Hall–Kier alpha value is -2.68. The molecule has 1 atom stereocenters. The molecule has 1 amide bonds. The van der Waals surface area contributed by atoms with E-state index in [4.69, 9.17) is 10.5 Å². The van der Waals surface area contributed by atoms with Crippen LogP contribution in [0.15, 0.2) is 18.2 Å². The van der Waals surface area contributed by atoms with Crippen LogP contribution in [0.1, 0.15) is 17.3 Å². The number of nitrogens with zero attached hydrogens (tertiary/aromatic N) is 1. The minimum Gasteiger partial charge on any atom is -0.483 e. The third-order valence-corrected chi connectivity index (χ3v) is 2.57. The number of ether oxygens (including phenoxy) is 2. The zero-order valence-electron chi connectivity index (χ0n) is 11.4. The standard InChI is InChI=1S/C12H14N2O7/c1-12(17,11(16)20-2)6-21-9-4-3-7(10(13)15)5-8(9)14(18)19/h3-5,17H,6H2,1-2H3,(H2,13,15). The van der Waals surface area contributed by atoms with Crippen molar-refractivity contribution >= 4 is 17.6 Å². The number of esters is 1. The number of nitrogens with two attached hydrogens (primary N) is 1. The molecule has 0 bridgehead atoms. The quantitative estimate of drug-likeness (QED) is 0.427. The van der Waals surface area contributed by atoms with Gasteiger partial charge in [-0.25, -0.2) is 4.79 Å². The van der Waals surface area contributed by atoms with Crippen LogP contribution in [0.3, 0.4) is 0 Å². The molecule has 1 unspecified atom stereocenters. The Morgan fingerprint density at radius 3 is 2.57 bits per heavy atom. The zero-order chi connectivity index (χ0) is 16.2. The average Bonchev–Trinajstić information content (AvgIpc) is 2.43. The van der Waals surface area contributed by atoms with E-state index in [1.165, 1.54) is 6.07 Å². The van der Waals surface area contributed by atoms with Gasteiger partial charge >= 0.3 is 11.7 Å². The predicted octanol–water partition coefficient (Wildman–Crippen LogP) is -0.00350. The minimum absolute atomic E-state index is 0.0613. The predicted molar refractivity (Wildman–Crippen MR) is 69.7 cm³/mol. The Morgan fingerprint density at radius 1 is 1.48 bits per heavy atom. The number of carbonyl (C=O) groups excluding carboxylic acids is 2. The number of nitro groups is 1. The lowest BCUT2D eigenvalue weighted by Crippen LogP contribution is -2.42. The summed E-state index contributed by atoms with van der Waals surface area (Å²) in [5.74, 6) is -1.99. The highest BCUT2D eigenvalue weighted by molar-refractivity contribution is 5.93. The van der Waals surface area contributed by atoms with E-state index in [0.717, 1.165) is 26.2 Å². The monoisotopic (exact) mass is 298 g/mol. The number of amides is 1. The number of carbonyl (C=O) groups is 2. The first-order valence-corrected chi connectivity index (χ1v) is 5.71. The van der Waals surface area contributed by atoms with Crippen LogP contribution in [-0.2, 0) is 9.53 Å². The van der Waals surface area contributed by atoms with E-state index in [1.807, 2.05) is 0 Å². The highest BCUT2D eigenvalue weighted by Gasteiger charge is 2.33.